The Morgan fingerprint density at radius 2 is 1.66 bits per heavy atom. The highest BCUT2D eigenvalue weighted by Gasteiger charge is 2.23. The summed E-state index contributed by atoms with van der Waals surface area (Å²) in [5.41, 5.74) is 3.83. The third kappa shape index (κ3) is 4.29. The lowest BCUT2D eigenvalue weighted by Crippen LogP contribution is -2.51. The number of benzene rings is 2. The van der Waals surface area contributed by atoms with Crippen LogP contribution in [0.15, 0.2) is 66.9 Å². The number of carbonyl (C=O) groups excluding carboxylic acids is 2. The zero-order chi connectivity index (χ0) is 20.1. The van der Waals surface area contributed by atoms with E-state index in [9.17, 15) is 9.59 Å². The predicted molar refractivity (Wildman–Crippen MR) is 112 cm³/mol. The van der Waals surface area contributed by atoms with E-state index in [2.05, 4.69) is 44.7 Å². The van der Waals surface area contributed by atoms with Crippen LogP contribution in [-0.4, -0.2) is 59.6 Å². The molecule has 1 saturated heterocycles. The smallest absolute Gasteiger partial charge is 0.272 e. The second-order valence-electron chi connectivity index (χ2n) is 6.89. The van der Waals surface area contributed by atoms with Crippen LogP contribution in [0.5, 0.6) is 0 Å². The molecule has 29 heavy (non-hydrogen) atoms. The molecule has 0 unspecified atom stereocenters. The van der Waals surface area contributed by atoms with E-state index in [1.54, 1.807) is 17.2 Å². The Balaban J connectivity index is 1.35. The fourth-order valence-corrected chi connectivity index (χ4v) is 3.55. The van der Waals surface area contributed by atoms with E-state index in [0.29, 0.717) is 13.1 Å². The van der Waals surface area contributed by atoms with Crippen molar-refractivity contribution in [3.8, 4) is 11.1 Å². The van der Waals surface area contributed by atoms with Gasteiger partial charge in [-0.25, -0.2) is 0 Å². The van der Waals surface area contributed by atoms with Gasteiger partial charge in [0.05, 0.1) is 6.54 Å². The van der Waals surface area contributed by atoms with E-state index in [-0.39, 0.29) is 24.1 Å². The van der Waals surface area contributed by atoms with E-state index in [1.807, 2.05) is 30.3 Å². The van der Waals surface area contributed by atoms with E-state index in [0.717, 1.165) is 13.1 Å². The number of H-pyrrole nitrogens is 1. The molecule has 0 saturated carbocycles. The number of piperazine rings is 1. The Bertz CT molecular complexity index is 964. The number of nitrogens with one attached hydrogen (secondary N) is 2. The summed E-state index contributed by atoms with van der Waals surface area (Å²) >= 11 is 0. The lowest BCUT2D eigenvalue weighted by Gasteiger charge is -2.37. The maximum Gasteiger partial charge on any atom is 0.272 e. The average Bonchev–Trinajstić information content (AvgIpc) is 3.33. The molecule has 7 heteroatoms. The second-order valence-corrected chi connectivity index (χ2v) is 6.89. The number of anilines is 1. The summed E-state index contributed by atoms with van der Waals surface area (Å²) < 4.78 is 0. The summed E-state index contributed by atoms with van der Waals surface area (Å²) in [6.45, 7) is 2.73. The predicted octanol–water partition coefficient (Wildman–Crippen LogP) is 2.16. The number of aromatic amines is 1. The lowest BCUT2D eigenvalue weighted by atomic mass is 10.0. The van der Waals surface area contributed by atoms with Gasteiger partial charge in [0.1, 0.15) is 5.69 Å². The van der Waals surface area contributed by atoms with Gasteiger partial charge in [0.2, 0.25) is 5.91 Å². The summed E-state index contributed by atoms with van der Waals surface area (Å²) in [6, 6.07) is 20.2. The Morgan fingerprint density at radius 3 is 2.38 bits per heavy atom. The van der Waals surface area contributed by atoms with Crippen molar-refractivity contribution in [3.05, 3.63) is 72.6 Å². The third-order valence-corrected chi connectivity index (χ3v) is 5.10. The zero-order valence-electron chi connectivity index (χ0n) is 16.0. The van der Waals surface area contributed by atoms with E-state index < -0.39 is 0 Å². The molecule has 1 aliphatic heterocycles. The Kier molecular flexibility index (Phi) is 5.56. The van der Waals surface area contributed by atoms with Crippen LogP contribution in [0.1, 0.15) is 10.5 Å². The van der Waals surface area contributed by atoms with Gasteiger partial charge in [-0.1, -0.05) is 48.5 Å². The van der Waals surface area contributed by atoms with Crippen LogP contribution in [0.25, 0.3) is 11.1 Å². The van der Waals surface area contributed by atoms with Crippen molar-refractivity contribution in [1.82, 2.24) is 20.4 Å². The molecule has 1 fully saturated rings. The SMILES string of the molecule is O=C(NCC(=O)N1CCN(c2ccccc2-c2ccccc2)CC1)c1cc[nH]n1. The Labute approximate surface area is 169 Å². The minimum atomic E-state index is -0.352. The van der Waals surface area contributed by atoms with Crippen LogP contribution < -0.4 is 10.2 Å². The van der Waals surface area contributed by atoms with Crippen molar-refractivity contribution >= 4 is 17.5 Å². The highest BCUT2D eigenvalue weighted by atomic mass is 16.2. The molecule has 7 nitrogen and oxygen atoms in total. The molecule has 0 spiro atoms. The highest BCUT2D eigenvalue weighted by Crippen LogP contribution is 2.31. The maximum atomic E-state index is 12.5. The van der Waals surface area contributed by atoms with Gasteiger partial charge in [0, 0.05) is 43.6 Å². The molecule has 1 aliphatic rings. The average molecular weight is 389 g/mol. The fourth-order valence-electron chi connectivity index (χ4n) is 3.55. The molecule has 2 aromatic carbocycles. The normalized spacial score (nSPS) is 13.9. The summed E-state index contributed by atoms with van der Waals surface area (Å²) in [4.78, 5) is 28.5. The van der Waals surface area contributed by atoms with Gasteiger partial charge >= 0.3 is 0 Å². The topological polar surface area (TPSA) is 81.3 Å². The van der Waals surface area contributed by atoms with Crippen LogP contribution in [0.2, 0.25) is 0 Å². The zero-order valence-corrected chi connectivity index (χ0v) is 16.0. The van der Waals surface area contributed by atoms with Crippen molar-refractivity contribution in [2.45, 2.75) is 0 Å². The van der Waals surface area contributed by atoms with E-state index in [1.165, 1.54) is 16.8 Å². The van der Waals surface area contributed by atoms with Gasteiger partial charge in [-0.05, 0) is 17.7 Å². The summed E-state index contributed by atoms with van der Waals surface area (Å²) in [5, 5.41) is 9.03. The van der Waals surface area contributed by atoms with E-state index >= 15 is 0 Å². The van der Waals surface area contributed by atoms with Crippen molar-refractivity contribution < 1.29 is 9.59 Å². The van der Waals surface area contributed by atoms with Crippen LogP contribution >= 0.6 is 0 Å². The standard InChI is InChI=1S/C22H23N5O2/c28-21(16-23-22(29)19-10-11-24-25-19)27-14-12-26(13-15-27)20-9-5-4-8-18(20)17-6-2-1-3-7-17/h1-11H,12-16H2,(H,23,29)(H,24,25). The van der Waals surface area contributed by atoms with Crippen LogP contribution in [0, 0.1) is 0 Å². The first-order valence-corrected chi connectivity index (χ1v) is 9.67. The van der Waals surface area contributed by atoms with Crippen molar-refractivity contribution in [2.75, 3.05) is 37.6 Å². The number of amides is 2. The first kappa shape index (κ1) is 18.7. The molecule has 0 aliphatic carbocycles. The lowest BCUT2D eigenvalue weighted by molar-refractivity contribution is -0.130. The Hall–Kier alpha value is -3.61. The fraction of sp³-hybridized carbons (Fsp3) is 0.227. The molecule has 2 amide bonds. The van der Waals surface area contributed by atoms with Gasteiger partial charge < -0.3 is 15.1 Å². The van der Waals surface area contributed by atoms with Gasteiger partial charge in [0.15, 0.2) is 0 Å². The molecule has 0 radical (unpaired) electrons. The van der Waals surface area contributed by atoms with Gasteiger partial charge in [-0.2, -0.15) is 5.10 Å². The van der Waals surface area contributed by atoms with Crippen molar-refractivity contribution in [1.29, 1.82) is 0 Å². The number of carbonyl (C=O) groups is 2. The summed E-state index contributed by atoms with van der Waals surface area (Å²) in [6.07, 6.45) is 1.57. The second kappa shape index (κ2) is 8.60. The van der Waals surface area contributed by atoms with Gasteiger partial charge in [0.25, 0.3) is 5.91 Å². The molecule has 0 bridgehead atoms. The number of hydrogen-bond acceptors (Lipinski definition) is 4. The minimum Gasteiger partial charge on any atom is -0.367 e. The number of rotatable bonds is 5. The molecule has 2 heterocycles. The highest BCUT2D eigenvalue weighted by molar-refractivity contribution is 5.94. The quantitative estimate of drug-likeness (QED) is 0.701. The number of para-hydroxylation sites is 1. The minimum absolute atomic E-state index is 0.0215. The molecule has 4 rings (SSSR count). The maximum absolute atomic E-state index is 12.5. The van der Waals surface area contributed by atoms with Crippen LogP contribution in [0.4, 0.5) is 5.69 Å². The van der Waals surface area contributed by atoms with Crippen LogP contribution in [0.3, 0.4) is 0 Å². The summed E-state index contributed by atoms with van der Waals surface area (Å²) in [7, 11) is 0. The van der Waals surface area contributed by atoms with Crippen LogP contribution in [-0.2, 0) is 4.79 Å². The molecular formula is C22H23N5O2. The molecule has 148 valence electrons. The van der Waals surface area contributed by atoms with Crippen molar-refractivity contribution in [2.24, 2.45) is 0 Å². The molecule has 2 N–H and O–H groups in total. The first-order chi connectivity index (χ1) is 14.2. The molecule has 0 atom stereocenters. The Morgan fingerprint density at radius 1 is 0.931 bits per heavy atom. The number of aromatic nitrogens is 2. The number of nitrogens with zero attached hydrogens (tertiary/aromatic N) is 3. The van der Waals surface area contributed by atoms with Gasteiger partial charge in [-0.15, -0.1) is 0 Å². The van der Waals surface area contributed by atoms with Crippen molar-refractivity contribution in [3.63, 3.8) is 0 Å². The largest absolute Gasteiger partial charge is 0.367 e. The first-order valence-electron chi connectivity index (χ1n) is 9.67. The molecular weight excluding hydrogens is 366 g/mol. The number of hydrogen-bond donors (Lipinski definition) is 2. The third-order valence-electron chi connectivity index (χ3n) is 5.10. The monoisotopic (exact) mass is 389 g/mol. The molecule has 1 aromatic heterocycles. The summed E-state index contributed by atoms with van der Waals surface area (Å²) in [5.74, 6) is -0.431. The molecule has 3 aromatic rings. The van der Waals surface area contributed by atoms with E-state index in [4.69, 9.17) is 0 Å². The van der Waals surface area contributed by atoms with Gasteiger partial charge in [-0.3, -0.25) is 14.7 Å².